The summed E-state index contributed by atoms with van der Waals surface area (Å²) >= 11 is 0. The van der Waals surface area contributed by atoms with Gasteiger partial charge in [-0.25, -0.2) is 0 Å². The molecule has 3 unspecified atom stereocenters. The van der Waals surface area contributed by atoms with Crippen LogP contribution in [-0.4, -0.2) is 11.1 Å². The lowest BCUT2D eigenvalue weighted by molar-refractivity contribution is -0.0643. The molecule has 4 N–H and O–H groups in total. The molecule has 2 nitrogen and oxygen atoms in total. The van der Waals surface area contributed by atoms with E-state index < -0.39 is 0 Å². The van der Waals surface area contributed by atoms with Crippen molar-refractivity contribution < 1.29 is 0 Å². The zero-order chi connectivity index (χ0) is 11.6. The van der Waals surface area contributed by atoms with Gasteiger partial charge in [-0.2, -0.15) is 0 Å². The average molecular weight is 222 g/mol. The molecule has 0 amide bonds. The molecule has 4 bridgehead atoms. The summed E-state index contributed by atoms with van der Waals surface area (Å²) in [5.41, 5.74) is 13.0. The summed E-state index contributed by atoms with van der Waals surface area (Å²) in [5.74, 6) is 3.47. The molecule has 0 aromatic carbocycles. The molecule has 2 heteroatoms. The van der Waals surface area contributed by atoms with Crippen LogP contribution in [0.1, 0.15) is 52.4 Å². The summed E-state index contributed by atoms with van der Waals surface area (Å²) < 4.78 is 0. The van der Waals surface area contributed by atoms with Gasteiger partial charge in [0.25, 0.3) is 0 Å². The number of nitrogens with two attached hydrogens (primary N) is 2. The third-order valence-electron chi connectivity index (χ3n) is 5.33. The Kier molecular flexibility index (Phi) is 2.23. The third-order valence-corrected chi connectivity index (χ3v) is 5.33. The van der Waals surface area contributed by atoms with E-state index in [2.05, 4.69) is 13.8 Å². The van der Waals surface area contributed by atoms with Gasteiger partial charge in [0.15, 0.2) is 0 Å². The number of rotatable bonds is 2. The molecule has 0 aliphatic heterocycles. The predicted molar refractivity (Wildman–Crippen MR) is 66.8 cm³/mol. The Hall–Kier alpha value is -0.0800. The van der Waals surface area contributed by atoms with Crippen LogP contribution >= 0.6 is 0 Å². The van der Waals surface area contributed by atoms with Crippen molar-refractivity contribution in [2.24, 2.45) is 35.1 Å². The Morgan fingerprint density at radius 1 is 1.12 bits per heavy atom. The Balaban J connectivity index is 1.83. The van der Waals surface area contributed by atoms with Gasteiger partial charge in [0.1, 0.15) is 0 Å². The normalized spacial score (nSPS) is 51.0. The van der Waals surface area contributed by atoms with Gasteiger partial charge in [0.05, 0.1) is 0 Å². The summed E-state index contributed by atoms with van der Waals surface area (Å²) in [7, 11) is 0. The van der Waals surface area contributed by atoms with Crippen molar-refractivity contribution in [3.63, 3.8) is 0 Å². The molecule has 3 atom stereocenters. The summed E-state index contributed by atoms with van der Waals surface area (Å²) in [5, 5.41) is 0. The van der Waals surface area contributed by atoms with Crippen molar-refractivity contribution in [1.82, 2.24) is 0 Å². The van der Waals surface area contributed by atoms with Gasteiger partial charge in [-0.05, 0) is 76.0 Å². The predicted octanol–water partition coefficient (Wildman–Crippen LogP) is 2.27. The lowest BCUT2D eigenvalue weighted by Gasteiger charge is -2.61. The van der Waals surface area contributed by atoms with Crippen LogP contribution in [-0.2, 0) is 0 Å². The maximum absolute atomic E-state index is 6.72. The summed E-state index contributed by atoms with van der Waals surface area (Å²) in [6, 6.07) is 0. The summed E-state index contributed by atoms with van der Waals surface area (Å²) in [4.78, 5) is 0. The van der Waals surface area contributed by atoms with E-state index in [9.17, 15) is 0 Å². The molecule has 16 heavy (non-hydrogen) atoms. The minimum absolute atomic E-state index is 0.0492. The fourth-order valence-corrected chi connectivity index (χ4v) is 5.15. The smallest absolute Gasteiger partial charge is 0.0191 e. The zero-order valence-corrected chi connectivity index (χ0v) is 10.7. The highest BCUT2D eigenvalue weighted by atomic mass is 14.8. The van der Waals surface area contributed by atoms with E-state index in [-0.39, 0.29) is 11.1 Å². The van der Waals surface area contributed by atoms with Crippen LogP contribution in [0.15, 0.2) is 0 Å². The maximum atomic E-state index is 6.72. The zero-order valence-electron chi connectivity index (χ0n) is 10.7. The molecular weight excluding hydrogens is 196 g/mol. The molecule has 0 heterocycles. The lowest BCUT2D eigenvalue weighted by atomic mass is 9.47. The van der Waals surface area contributed by atoms with Crippen LogP contribution in [0.5, 0.6) is 0 Å². The molecule has 4 fully saturated rings. The Morgan fingerprint density at radius 2 is 1.69 bits per heavy atom. The van der Waals surface area contributed by atoms with Gasteiger partial charge in [0.2, 0.25) is 0 Å². The molecule has 4 aliphatic rings. The van der Waals surface area contributed by atoms with E-state index in [0.29, 0.717) is 5.92 Å². The molecule has 0 radical (unpaired) electrons. The van der Waals surface area contributed by atoms with Gasteiger partial charge in [-0.15, -0.1) is 0 Å². The van der Waals surface area contributed by atoms with E-state index in [0.717, 1.165) is 24.2 Å². The van der Waals surface area contributed by atoms with Crippen molar-refractivity contribution in [2.45, 2.75) is 63.5 Å². The second-order valence-electron chi connectivity index (χ2n) is 7.64. The molecule has 4 aliphatic carbocycles. The molecule has 0 aromatic heterocycles. The largest absolute Gasteiger partial charge is 0.326 e. The Morgan fingerprint density at radius 3 is 2.12 bits per heavy atom. The molecule has 92 valence electrons. The Labute approximate surface area is 99.1 Å². The molecular formula is C14H26N2. The van der Waals surface area contributed by atoms with Crippen molar-refractivity contribution in [2.75, 3.05) is 0 Å². The second kappa shape index (κ2) is 3.23. The van der Waals surface area contributed by atoms with Crippen molar-refractivity contribution >= 4 is 0 Å². The fourth-order valence-electron chi connectivity index (χ4n) is 5.15. The summed E-state index contributed by atoms with van der Waals surface area (Å²) in [6.07, 6.45) is 8.02. The first-order chi connectivity index (χ1) is 7.36. The highest BCUT2D eigenvalue weighted by Crippen LogP contribution is 2.58. The standard InChI is InChI=1S/C14H26N2/c1-13(2,15)8-12-11-4-9-3-10(5-11)7-14(12,16)6-9/h9-12H,3-8,15-16H2,1-2H3. The first-order valence-electron chi connectivity index (χ1n) is 6.93. The fraction of sp³-hybridized carbons (Fsp3) is 1.00. The highest BCUT2D eigenvalue weighted by molar-refractivity contribution is 5.10. The second-order valence-corrected chi connectivity index (χ2v) is 7.64. The lowest BCUT2D eigenvalue weighted by Crippen LogP contribution is -2.63. The van der Waals surface area contributed by atoms with E-state index in [1.165, 1.54) is 32.1 Å². The number of hydrogen-bond acceptors (Lipinski definition) is 2. The van der Waals surface area contributed by atoms with Gasteiger partial charge in [-0.3, -0.25) is 0 Å². The highest BCUT2D eigenvalue weighted by Gasteiger charge is 2.55. The van der Waals surface area contributed by atoms with Gasteiger partial charge in [0, 0.05) is 11.1 Å². The van der Waals surface area contributed by atoms with Crippen molar-refractivity contribution in [3.8, 4) is 0 Å². The van der Waals surface area contributed by atoms with Crippen LogP contribution in [0.2, 0.25) is 0 Å². The van der Waals surface area contributed by atoms with Crippen LogP contribution in [0.25, 0.3) is 0 Å². The SMILES string of the molecule is CC(C)(N)CC1C2CC3CC(C2)CC1(N)C3. The van der Waals surface area contributed by atoms with E-state index in [4.69, 9.17) is 11.5 Å². The molecule has 4 rings (SSSR count). The Bertz CT molecular complexity index is 278. The monoisotopic (exact) mass is 222 g/mol. The van der Waals surface area contributed by atoms with Gasteiger partial charge >= 0.3 is 0 Å². The summed E-state index contributed by atoms with van der Waals surface area (Å²) in [6.45, 7) is 4.31. The molecule has 0 saturated heterocycles. The first-order valence-corrected chi connectivity index (χ1v) is 6.93. The van der Waals surface area contributed by atoms with Crippen LogP contribution in [0.3, 0.4) is 0 Å². The molecule has 0 aromatic rings. The van der Waals surface area contributed by atoms with Gasteiger partial charge < -0.3 is 11.5 Å². The third kappa shape index (κ3) is 1.70. The van der Waals surface area contributed by atoms with E-state index in [1.54, 1.807) is 0 Å². The minimum atomic E-state index is -0.0492. The van der Waals surface area contributed by atoms with Crippen molar-refractivity contribution in [1.29, 1.82) is 0 Å². The topological polar surface area (TPSA) is 52.0 Å². The van der Waals surface area contributed by atoms with Crippen LogP contribution < -0.4 is 11.5 Å². The minimum Gasteiger partial charge on any atom is -0.326 e. The maximum Gasteiger partial charge on any atom is 0.0191 e. The number of hydrogen-bond donors (Lipinski definition) is 2. The average Bonchev–Trinajstić information content (AvgIpc) is 2.08. The van der Waals surface area contributed by atoms with Crippen molar-refractivity contribution in [3.05, 3.63) is 0 Å². The molecule has 4 saturated carbocycles. The van der Waals surface area contributed by atoms with E-state index in [1.807, 2.05) is 0 Å². The molecule has 0 spiro atoms. The quantitative estimate of drug-likeness (QED) is 0.753. The van der Waals surface area contributed by atoms with Crippen LogP contribution in [0.4, 0.5) is 0 Å². The van der Waals surface area contributed by atoms with Gasteiger partial charge in [-0.1, -0.05) is 0 Å². The van der Waals surface area contributed by atoms with E-state index >= 15 is 0 Å². The first kappa shape index (κ1) is 11.0. The van der Waals surface area contributed by atoms with Crippen LogP contribution in [0, 0.1) is 23.7 Å².